The van der Waals surface area contributed by atoms with Gasteiger partial charge < -0.3 is 25.4 Å². The number of nitrogens with zero attached hydrogens (tertiary/aromatic N) is 1. The van der Waals surface area contributed by atoms with E-state index in [1.165, 1.54) is 12.1 Å². The van der Waals surface area contributed by atoms with Gasteiger partial charge in [-0.1, -0.05) is 42.5 Å². The molecule has 0 spiro atoms. The van der Waals surface area contributed by atoms with E-state index in [9.17, 15) is 19.1 Å². The molecule has 1 heterocycles. The Hall–Kier alpha value is -3.75. The van der Waals surface area contributed by atoms with Crippen LogP contribution in [0.25, 0.3) is 0 Å². The summed E-state index contributed by atoms with van der Waals surface area (Å²) in [7, 11) is 0. The zero-order valence-corrected chi connectivity index (χ0v) is 17.8. The molecule has 3 N–H and O–H groups in total. The van der Waals surface area contributed by atoms with Gasteiger partial charge in [0.15, 0.2) is 0 Å². The Kier molecular flexibility index (Phi) is 6.97. The maximum absolute atomic E-state index is 13.2. The van der Waals surface area contributed by atoms with Crippen molar-refractivity contribution in [1.29, 1.82) is 0 Å². The fourth-order valence-electron chi connectivity index (χ4n) is 3.78. The summed E-state index contributed by atoms with van der Waals surface area (Å²) in [6.07, 6.45) is -0.541. The number of anilines is 2. The van der Waals surface area contributed by atoms with E-state index in [2.05, 4.69) is 10.6 Å². The van der Waals surface area contributed by atoms with Crippen LogP contribution in [-0.2, 0) is 16.1 Å². The van der Waals surface area contributed by atoms with Crippen LogP contribution in [0.4, 0.5) is 20.6 Å². The van der Waals surface area contributed by atoms with Gasteiger partial charge in [-0.05, 0) is 47.5 Å². The molecule has 170 valence electrons. The lowest BCUT2D eigenvalue weighted by Gasteiger charge is -2.40. The van der Waals surface area contributed by atoms with E-state index in [1.54, 1.807) is 53.4 Å². The lowest BCUT2D eigenvalue weighted by atomic mass is 9.98. The molecule has 1 aliphatic rings. The number of halogens is 1. The molecule has 0 radical (unpaired) electrons. The molecule has 7 nitrogen and oxygen atoms in total. The number of hydrogen-bond donors (Lipinski definition) is 3. The highest BCUT2D eigenvalue weighted by molar-refractivity contribution is 5.99. The molecule has 8 heteroatoms. The fourth-order valence-corrected chi connectivity index (χ4v) is 3.78. The third-order valence-corrected chi connectivity index (χ3v) is 5.44. The highest BCUT2D eigenvalue weighted by Gasteiger charge is 2.37. The second kappa shape index (κ2) is 10.2. The fraction of sp³-hybridized carbons (Fsp3) is 0.200. The Morgan fingerprint density at radius 3 is 2.24 bits per heavy atom. The van der Waals surface area contributed by atoms with Gasteiger partial charge in [-0.3, -0.25) is 4.79 Å². The van der Waals surface area contributed by atoms with Crippen molar-refractivity contribution in [1.82, 2.24) is 4.90 Å². The summed E-state index contributed by atoms with van der Waals surface area (Å²) in [6, 6.07) is 21.1. The van der Waals surface area contributed by atoms with Crippen molar-refractivity contribution in [3.05, 3.63) is 95.8 Å². The molecule has 3 aromatic carbocycles. The van der Waals surface area contributed by atoms with E-state index < -0.39 is 12.1 Å². The zero-order valence-electron chi connectivity index (χ0n) is 17.8. The number of nitrogens with one attached hydrogen (secondary N) is 2. The van der Waals surface area contributed by atoms with Crippen LogP contribution in [0, 0.1) is 5.82 Å². The molecule has 33 heavy (non-hydrogen) atoms. The van der Waals surface area contributed by atoms with E-state index in [1.807, 2.05) is 18.2 Å². The summed E-state index contributed by atoms with van der Waals surface area (Å²) >= 11 is 0. The van der Waals surface area contributed by atoms with E-state index in [4.69, 9.17) is 4.74 Å². The molecular weight excluding hydrogens is 425 g/mol. The van der Waals surface area contributed by atoms with Crippen LogP contribution in [0.3, 0.4) is 0 Å². The van der Waals surface area contributed by atoms with Crippen LogP contribution in [0.2, 0.25) is 0 Å². The molecular formula is C25H24FN3O4. The van der Waals surface area contributed by atoms with E-state index in [0.717, 1.165) is 11.1 Å². The maximum atomic E-state index is 13.2. The molecule has 2 atom stereocenters. The number of para-hydroxylation sites is 1. The van der Waals surface area contributed by atoms with Crippen molar-refractivity contribution in [3.8, 4) is 0 Å². The monoisotopic (exact) mass is 449 g/mol. The molecule has 3 aromatic rings. The van der Waals surface area contributed by atoms with Gasteiger partial charge >= 0.3 is 6.03 Å². The first-order chi connectivity index (χ1) is 16.0. The number of rotatable bonds is 6. The Balaban J connectivity index is 1.44. The molecule has 3 amide bonds. The summed E-state index contributed by atoms with van der Waals surface area (Å²) < 4.78 is 19.0. The number of aliphatic hydroxyl groups excluding tert-OH is 1. The number of aliphatic hydroxyl groups is 1. The third-order valence-electron chi connectivity index (χ3n) is 5.44. The number of carbonyl (C=O) groups is 2. The summed E-state index contributed by atoms with van der Waals surface area (Å²) in [5.41, 5.74) is 2.79. The van der Waals surface area contributed by atoms with Gasteiger partial charge in [0, 0.05) is 17.9 Å². The van der Waals surface area contributed by atoms with Gasteiger partial charge in [0.25, 0.3) is 0 Å². The molecule has 2 unspecified atom stereocenters. The smallest absolute Gasteiger partial charge is 0.323 e. The average molecular weight is 449 g/mol. The highest BCUT2D eigenvalue weighted by Crippen LogP contribution is 2.31. The lowest BCUT2D eigenvalue weighted by molar-refractivity contribution is -0.162. The molecule has 1 aliphatic heterocycles. The topological polar surface area (TPSA) is 90.9 Å². The number of ether oxygens (including phenoxy) is 1. The molecule has 0 aromatic heterocycles. The lowest BCUT2D eigenvalue weighted by Crippen LogP contribution is -2.52. The second-order valence-corrected chi connectivity index (χ2v) is 7.70. The first-order valence-electron chi connectivity index (χ1n) is 10.5. The van der Waals surface area contributed by atoms with Gasteiger partial charge in [0.05, 0.1) is 12.6 Å². The van der Waals surface area contributed by atoms with Gasteiger partial charge in [-0.15, -0.1) is 0 Å². The van der Waals surface area contributed by atoms with Gasteiger partial charge in [0.1, 0.15) is 18.5 Å². The minimum absolute atomic E-state index is 0.123. The van der Waals surface area contributed by atoms with Crippen LogP contribution in [0.15, 0.2) is 78.9 Å². The van der Waals surface area contributed by atoms with Crippen LogP contribution < -0.4 is 10.6 Å². The minimum Gasteiger partial charge on any atom is -0.394 e. The first-order valence-corrected chi connectivity index (χ1v) is 10.5. The Morgan fingerprint density at radius 2 is 1.61 bits per heavy atom. The van der Waals surface area contributed by atoms with Gasteiger partial charge in [-0.25, -0.2) is 9.18 Å². The normalized spacial score (nSPS) is 18.1. The van der Waals surface area contributed by atoms with Gasteiger partial charge in [-0.2, -0.15) is 0 Å². The van der Waals surface area contributed by atoms with Crippen molar-refractivity contribution in [3.63, 3.8) is 0 Å². The number of hydrogen-bond acceptors (Lipinski definition) is 4. The maximum Gasteiger partial charge on any atom is 0.323 e. The van der Waals surface area contributed by atoms with Crippen LogP contribution in [0.5, 0.6) is 0 Å². The van der Waals surface area contributed by atoms with Crippen molar-refractivity contribution < 1.29 is 23.8 Å². The molecule has 4 rings (SSSR count). The third kappa shape index (κ3) is 5.54. The SMILES string of the molecule is O=C(Nc1ccccc1)Nc1ccc(C2OCC(=O)N(Cc3ccc(F)cc3)C2CO)cc1. The van der Waals surface area contributed by atoms with Crippen molar-refractivity contribution in [2.75, 3.05) is 23.8 Å². The average Bonchev–Trinajstić information content (AvgIpc) is 2.83. The van der Waals surface area contributed by atoms with Crippen molar-refractivity contribution in [2.24, 2.45) is 0 Å². The predicted molar refractivity (Wildman–Crippen MR) is 122 cm³/mol. The molecule has 0 bridgehead atoms. The van der Waals surface area contributed by atoms with Crippen molar-refractivity contribution in [2.45, 2.75) is 18.7 Å². The number of carbonyl (C=O) groups excluding carboxylic acids is 2. The molecule has 0 saturated carbocycles. The Labute approximate surface area is 190 Å². The largest absolute Gasteiger partial charge is 0.394 e. The zero-order chi connectivity index (χ0) is 23.2. The predicted octanol–water partition coefficient (Wildman–Crippen LogP) is 3.93. The second-order valence-electron chi connectivity index (χ2n) is 7.70. The highest BCUT2D eigenvalue weighted by atomic mass is 19.1. The standard InChI is InChI=1S/C25H24FN3O4/c26-19-10-6-17(7-11-19)14-29-22(15-30)24(33-16-23(29)31)18-8-12-21(13-9-18)28-25(32)27-20-4-2-1-3-5-20/h1-13,22,24,30H,14-16H2,(H2,27,28,32). The Bertz CT molecular complexity index is 1090. The van der Waals surface area contributed by atoms with Crippen LogP contribution >= 0.6 is 0 Å². The quantitative estimate of drug-likeness (QED) is 0.532. The number of morpholine rings is 1. The van der Waals surface area contributed by atoms with E-state index >= 15 is 0 Å². The van der Waals surface area contributed by atoms with Gasteiger partial charge in [0.2, 0.25) is 5.91 Å². The Morgan fingerprint density at radius 1 is 0.970 bits per heavy atom. The number of benzene rings is 3. The molecule has 1 fully saturated rings. The van der Waals surface area contributed by atoms with Crippen LogP contribution in [0.1, 0.15) is 17.2 Å². The molecule has 1 saturated heterocycles. The minimum atomic E-state index is -0.600. The summed E-state index contributed by atoms with van der Waals surface area (Å²) in [4.78, 5) is 26.2. The summed E-state index contributed by atoms with van der Waals surface area (Å²) in [5, 5.41) is 15.6. The summed E-state index contributed by atoms with van der Waals surface area (Å²) in [5.74, 6) is -0.597. The van der Waals surface area contributed by atoms with Crippen molar-refractivity contribution >= 4 is 23.3 Å². The summed E-state index contributed by atoms with van der Waals surface area (Å²) in [6.45, 7) is -0.178. The molecule has 0 aliphatic carbocycles. The number of urea groups is 1. The number of amides is 3. The van der Waals surface area contributed by atoms with E-state index in [0.29, 0.717) is 11.4 Å². The van der Waals surface area contributed by atoms with E-state index in [-0.39, 0.29) is 37.5 Å². The van der Waals surface area contributed by atoms with Crippen LogP contribution in [-0.4, -0.2) is 41.2 Å². The first kappa shape index (κ1) is 22.4.